The van der Waals surface area contributed by atoms with Crippen molar-refractivity contribution in [3.63, 3.8) is 0 Å². The summed E-state index contributed by atoms with van der Waals surface area (Å²) >= 11 is 0. The second-order valence-electron chi connectivity index (χ2n) is 3.70. The first kappa shape index (κ1) is 9.54. The molecular formula is C11H8N6. The molecule has 0 radical (unpaired) electrons. The summed E-state index contributed by atoms with van der Waals surface area (Å²) in [5.41, 5.74) is 3.05. The molecule has 82 valence electrons. The number of pyridine rings is 1. The molecule has 0 aliphatic carbocycles. The molecule has 0 aliphatic heterocycles. The number of nitrogens with zero attached hydrogens (tertiary/aromatic N) is 6. The smallest absolute Gasteiger partial charge is 0.114 e. The lowest BCUT2D eigenvalue weighted by Crippen LogP contribution is -1.88. The molecule has 0 saturated heterocycles. The first-order valence-electron chi connectivity index (χ1n) is 5.02. The van der Waals surface area contributed by atoms with Crippen LogP contribution < -0.4 is 0 Å². The highest BCUT2D eigenvalue weighted by Gasteiger charge is 2.06. The molecule has 0 spiro atoms. The van der Waals surface area contributed by atoms with Gasteiger partial charge in [-0.15, -0.1) is 5.10 Å². The van der Waals surface area contributed by atoms with Crippen molar-refractivity contribution in [2.75, 3.05) is 0 Å². The second kappa shape index (κ2) is 3.42. The van der Waals surface area contributed by atoms with Crippen LogP contribution in [0.1, 0.15) is 5.56 Å². The Morgan fingerprint density at radius 1 is 1.29 bits per heavy atom. The fourth-order valence-corrected chi connectivity index (χ4v) is 1.70. The highest BCUT2D eigenvalue weighted by atomic mass is 15.4. The third kappa shape index (κ3) is 1.45. The predicted molar refractivity (Wildman–Crippen MR) is 59.9 cm³/mol. The van der Waals surface area contributed by atoms with Crippen molar-refractivity contribution in [1.82, 2.24) is 24.6 Å². The van der Waals surface area contributed by atoms with E-state index in [1.165, 1.54) is 0 Å². The van der Waals surface area contributed by atoms with Gasteiger partial charge >= 0.3 is 0 Å². The minimum Gasteiger partial charge on any atom is -0.255 e. The third-order valence-corrected chi connectivity index (χ3v) is 2.54. The monoisotopic (exact) mass is 224 g/mol. The molecule has 6 heteroatoms. The Kier molecular flexibility index (Phi) is 1.92. The Morgan fingerprint density at radius 3 is 2.88 bits per heavy atom. The molecule has 3 aromatic rings. The molecule has 0 amide bonds. The van der Waals surface area contributed by atoms with Gasteiger partial charge in [-0.1, -0.05) is 5.21 Å². The van der Waals surface area contributed by atoms with Crippen molar-refractivity contribution in [3.05, 3.63) is 36.3 Å². The van der Waals surface area contributed by atoms with Gasteiger partial charge in [0, 0.05) is 18.8 Å². The van der Waals surface area contributed by atoms with Crippen LogP contribution >= 0.6 is 0 Å². The molecular weight excluding hydrogens is 216 g/mol. The van der Waals surface area contributed by atoms with E-state index in [1.54, 1.807) is 15.4 Å². The van der Waals surface area contributed by atoms with E-state index >= 15 is 0 Å². The molecule has 0 aromatic carbocycles. The van der Waals surface area contributed by atoms with Gasteiger partial charge in [-0.3, -0.25) is 4.68 Å². The summed E-state index contributed by atoms with van der Waals surface area (Å²) in [7, 11) is 1.82. The fourth-order valence-electron chi connectivity index (χ4n) is 1.70. The van der Waals surface area contributed by atoms with Crippen LogP contribution in [0.15, 0.2) is 30.7 Å². The maximum absolute atomic E-state index is 8.89. The highest BCUT2D eigenvalue weighted by Crippen LogP contribution is 2.18. The maximum Gasteiger partial charge on any atom is 0.114 e. The van der Waals surface area contributed by atoms with E-state index in [1.807, 2.05) is 31.6 Å². The lowest BCUT2D eigenvalue weighted by molar-refractivity contribution is 0.715. The summed E-state index contributed by atoms with van der Waals surface area (Å²) in [6.45, 7) is 0. The highest BCUT2D eigenvalue weighted by molar-refractivity contribution is 5.65. The maximum atomic E-state index is 8.89. The summed E-state index contributed by atoms with van der Waals surface area (Å²) in [4.78, 5) is 0. The SMILES string of the molecule is Cn1cc(-c2ccc3c(C#N)cnn3c2)nn1. The van der Waals surface area contributed by atoms with Gasteiger partial charge < -0.3 is 0 Å². The zero-order chi connectivity index (χ0) is 11.8. The minimum absolute atomic E-state index is 0.565. The normalized spacial score (nSPS) is 10.6. The van der Waals surface area contributed by atoms with Crippen LogP contribution in [0.4, 0.5) is 0 Å². The van der Waals surface area contributed by atoms with E-state index in [-0.39, 0.29) is 0 Å². The standard InChI is InChI=1S/C11H8N6/c1-16-7-10(14-15-16)8-2-3-11-9(4-12)5-13-17(11)6-8/h2-3,5-7H,1H3. The molecule has 17 heavy (non-hydrogen) atoms. The van der Waals surface area contributed by atoms with Crippen molar-refractivity contribution in [2.45, 2.75) is 0 Å². The number of hydrogen-bond donors (Lipinski definition) is 0. The van der Waals surface area contributed by atoms with Crippen molar-refractivity contribution >= 4 is 5.52 Å². The molecule has 0 fully saturated rings. The number of rotatable bonds is 1. The van der Waals surface area contributed by atoms with Crippen LogP contribution in [0.5, 0.6) is 0 Å². The Morgan fingerprint density at radius 2 is 2.18 bits per heavy atom. The average Bonchev–Trinajstić information content (AvgIpc) is 2.94. The summed E-state index contributed by atoms with van der Waals surface area (Å²) in [5, 5.41) is 20.9. The van der Waals surface area contributed by atoms with Crippen LogP contribution in [-0.4, -0.2) is 24.6 Å². The molecule has 0 N–H and O–H groups in total. The molecule has 0 aliphatic rings. The van der Waals surface area contributed by atoms with Crippen LogP contribution in [0.3, 0.4) is 0 Å². The zero-order valence-electron chi connectivity index (χ0n) is 9.07. The summed E-state index contributed by atoms with van der Waals surface area (Å²) in [5.74, 6) is 0. The third-order valence-electron chi connectivity index (χ3n) is 2.54. The largest absolute Gasteiger partial charge is 0.255 e. The first-order valence-corrected chi connectivity index (χ1v) is 5.02. The average molecular weight is 224 g/mol. The Labute approximate surface area is 96.7 Å². The van der Waals surface area contributed by atoms with Crippen LogP contribution in [0.2, 0.25) is 0 Å². The van der Waals surface area contributed by atoms with E-state index in [9.17, 15) is 0 Å². The predicted octanol–water partition coefficient (Wildman–Crippen LogP) is 1.00. The number of aromatic nitrogens is 5. The quantitative estimate of drug-likeness (QED) is 0.618. The molecule has 3 heterocycles. The minimum atomic E-state index is 0.565. The Hall–Kier alpha value is -2.68. The van der Waals surface area contributed by atoms with Crippen molar-refractivity contribution in [2.24, 2.45) is 7.05 Å². The molecule has 3 aromatic heterocycles. The van der Waals surface area contributed by atoms with Crippen LogP contribution in [0, 0.1) is 11.3 Å². The van der Waals surface area contributed by atoms with Crippen LogP contribution in [-0.2, 0) is 7.05 Å². The summed E-state index contributed by atoms with van der Waals surface area (Å²) in [6.07, 6.45) is 5.21. The first-order chi connectivity index (χ1) is 8.28. The van der Waals surface area contributed by atoms with Gasteiger partial charge in [0.1, 0.15) is 11.8 Å². The number of fused-ring (bicyclic) bond motifs is 1. The van der Waals surface area contributed by atoms with Gasteiger partial charge in [-0.2, -0.15) is 10.4 Å². The topological polar surface area (TPSA) is 71.8 Å². The van der Waals surface area contributed by atoms with Crippen molar-refractivity contribution in [3.8, 4) is 17.3 Å². The number of hydrogen-bond acceptors (Lipinski definition) is 4. The van der Waals surface area contributed by atoms with Crippen LogP contribution in [0.25, 0.3) is 16.8 Å². The Bertz CT molecular complexity index is 730. The van der Waals surface area contributed by atoms with Gasteiger partial charge in [0.05, 0.1) is 23.5 Å². The van der Waals surface area contributed by atoms with Gasteiger partial charge in [-0.05, 0) is 12.1 Å². The fraction of sp³-hybridized carbons (Fsp3) is 0.0909. The molecule has 0 saturated carbocycles. The van der Waals surface area contributed by atoms with Crippen molar-refractivity contribution < 1.29 is 0 Å². The summed E-state index contributed by atoms with van der Waals surface area (Å²) < 4.78 is 3.31. The number of aryl methyl sites for hydroxylation is 1. The van der Waals surface area contributed by atoms with Crippen molar-refractivity contribution in [1.29, 1.82) is 5.26 Å². The molecule has 6 nitrogen and oxygen atoms in total. The van der Waals surface area contributed by atoms with E-state index in [4.69, 9.17) is 5.26 Å². The zero-order valence-corrected chi connectivity index (χ0v) is 9.07. The Balaban J connectivity index is 2.18. The van der Waals surface area contributed by atoms with E-state index in [0.717, 1.165) is 16.8 Å². The lowest BCUT2D eigenvalue weighted by Gasteiger charge is -1.97. The number of nitriles is 1. The van der Waals surface area contributed by atoms with Gasteiger partial charge in [-0.25, -0.2) is 4.52 Å². The molecule has 0 bridgehead atoms. The van der Waals surface area contributed by atoms with Gasteiger partial charge in [0.25, 0.3) is 0 Å². The van der Waals surface area contributed by atoms with E-state index in [2.05, 4.69) is 21.5 Å². The lowest BCUT2D eigenvalue weighted by atomic mass is 10.2. The summed E-state index contributed by atoms with van der Waals surface area (Å²) in [6, 6.07) is 5.86. The molecule has 0 atom stereocenters. The van der Waals surface area contributed by atoms with E-state index in [0.29, 0.717) is 5.56 Å². The van der Waals surface area contributed by atoms with Gasteiger partial charge in [0.15, 0.2) is 0 Å². The molecule has 3 rings (SSSR count). The van der Waals surface area contributed by atoms with Gasteiger partial charge in [0.2, 0.25) is 0 Å². The second-order valence-corrected chi connectivity index (χ2v) is 3.70. The molecule has 0 unspecified atom stereocenters. The van der Waals surface area contributed by atoms with E-state index < -0.39 is 0 Å².